The molecule has 0 saturated heterocycles. The maximum absolute atomic E-state index is 13.1. The predicted octanol–water partition coefficient (Wildman–Crippen LogP) is 7.94. The van der Waals surface area contributed by atoms with Crippen LogP contribution in [0.4, 0.5) is 0 Å². The third-order valence-electron chi connectivity index (χ3n) is 14.9. The lowest BCUT2D eigenvalue weighted by molar-refractivity contribution is -0.131. The molecule has 20 nitrogen and oxygen atoms in total. The first-order valence-corrected chi connectivity index (χ1v) is 28.0. The number of aliphatic hydroxyl groups excluding tert-OH is 2. The van der Waals surface area contributed by atoms with Crippen LogP contribution in [0.3, 0.4) is 0 Å². The molecule has 80 heavy (non-hydrogen) atoms. The third-order valence-corrected chi connectivity index (χ3v) is 14.9. The van der Waals surface area contributed by atoms with Crippen LogP contribution in [-0.2, 0) is 41.5 Å². The molecule has 0 saturated carbocycles. The quantitative estimate of drug-likeness (QED) is 0.0145. The number of azide groups is 1. The van der Waals surface area contributed by atoms with Gasteiger partial charge in [0.2, 0.25) is 23.6 Å². The number of ether oxygens (including phenoxy) is 6. The first kappa shape index (κ1) is 62.2. The van der Waals surface area contributed by atoms with Crippen LogP contribution in [0.1, 0.15) is 141 Å². The van der Waals surface area contributed by atoms with Gasteiger partial charge in [0.1, 0.15) is 0 Å². The lowest BCUT2D eigenvalue weighted by Gasteiger charge is -2.30. The van der Waals surface area contributed by atoms with Crippen LogP contribution in [0.15, 0.2) is 41.5 Å². The van der Waals surface area contributed by atoms with Gasteiger partial charge in [-0.2, -0.15) is 0 Å². The van der Waals surface area contributed by atoms with Crippen LogP contribution in [0, 0.1) is 58.2 Å². The summed E-state index contributed by atoms with van der Waals surface area (Å²) in [7, 11) is -2.07. The number of nitrogens with one attached hydrogen (secondary N) is 2. The molecular weight excluding hydrogens is 1020 g/mol. The monoisotopic (exact) mass is 1130 g/mol. The zero-order valence-corrected chi connectivity index (χ0v) is 50.3. The molecule has 20 heteroatoms. The highest BCUT2D eigenvalue weighted by molar-refractivity contribution is 5.83. The summed E-state index contributed by atoms with van der Waals surface area (Å²) >= 11 is 0. The topological polar surface area (TPSA) is 315 Å². The van der Waals surface area contributed by atoms with Crippen molar-refractivity contribution in [3.05, 3.63) is 58.0 Å². The molecule has 0 unspecified atom stereocenters. The number of hydrogen-bond acceptors (Lipinski definition) is 14. The van der Waals surface area contributed by atoms with Crippen LogP contribution in [0.25, 0.3) is 10.4 Å². The van der Waals surface area contributed by atoms with Crippen LogP contribution >= 0.6 is 0 Å². The highest BCUT2D eigenvalue weighted by Crippen LogP contribution is 2.34. The number of hydrogen-bond donors (Lipinski definition) is 7. The van der Waals surface area contributed by atoms with Gasteiger partial charge in [0.15, 0.2) is 23.0 Å². The minimum absolute atomic E-state index is 0.0430. The molecule has 2 rings (SSSR count). The molecule has 0 aliphatic heterocycles. The predicted molar refractivity (Wildman–Crippen MR) is 314 cm³/mol. The second-order valence-electron chi connectivity index (χ2n) is 23.7. The Labute approximate surface area is 487 Å². The molecule has 456 valence electrons. The van der Waals surface area contributed by atoms with E-state index in [4.69, 9.17) is 53.8 Å². The third kappa shape index (κ3) is 26.0. The van der Waals surface area contributed by atoms with E-state index in [1.54, 1.807) is 72.2 Å². The normalized spacial score (nSPS) is 16.3. The summed E-state index contributed by atoms with van der Waals surface area (Å²) in [5, 5.41) is 31.8. The Morgan fingerprint density at radius 2 is 1.02 bits per heavy atom. The summed E-state index contributed by atoms with van der Waals surface area (Å²) < 4.78 is 77.0. The molecule has 0 fully saturated rings. The summed E-state index contributed by atoms with van der Waals surface area (Å²) in [6.45, 7) is 24.2. The molecule has 0 aromatic heterocycles. The molecule has 8 atom stereocenters. The summed E-state index contributed by atoms with van der Waals surface area (Å²) in [6, 6.07) is 8.91. The van der Waals surface area contributed by atoms with Gasteiger partial charge in [0.05, 0.1) is 64.6 Å². The van der Waals surface area contributed by atoms with E-state index < -0.39 is 72.8 Å². The fourth-order valence-corrected chi connectivity index (χ4v) is 8.74. The number of carbonyl (C=O) groups excluding carboxylic acids is 4. The van der Waals surface area contributed by atoms with Crippen LogP contribution in [0.5, 0.6) is 23.0 Å². The van der Waals surface area contributed by atoms with Crippen molar-refractivity contribution in [1.29, 1.82) is 0 Å². The standard InChI is InChI=1S/C30H51N5O6.C30H53N3O6/c1-19(2)22(14-21-10-11-26(40-8)27(15-21)41-13-9-12-39-7)16-24(34-35-32)25(36)17-23(20(3)4)28(37)33-18-30(5,6)29(31)38;1-19(2)22(14-21-10-11-26(38-8)27(15-21)39-13-9-12-37-7)16-24(31)25(34)17-23(20(3)4)28(35)33-18-30(5,6)29(32)36/h10-11,15,19-20,22-25,36H,9,12-14,16-18H2,1-8H3,(H2,31,38)(H,33,37);10-11,15,19-20,22-25,34H,9,12-14,16-18,31H2,1-8H3,(H2,32,36)(H,33,35)/t2*22-,23-,24-,25-/m00/s1/i2*8D3. The molecule has 0 aliphatic carbocycles. The zero-order chi connectivity index (χ0) is 65.9. The number of amides is 4. The Bertz CT molecular complexity index is 2420. The second kappa shape index (κ2) is 36.9. The molecular formula is C60H104N8O12. The largest absolute Gasteiger partial charge is 0.493 e. The average Bonchev–Trinajstić information content (AvgIpc) is 2.26. The van der Waals surface area contributed by atoms with Crippen molar-refractivity contribution in [3.8, 4) is 23.0 Å². The van der Waals surface area contributed by atoms with E-state index in [0.717, 1.165) is 11.1 Å². The fourth-order valence-electron chi connectivity index (χ4n) is 8.74. The zero-order valence-electron chi connectivity index (χ0n) is 56.3. The van der Waals surface area contributed by atoms with Crippen molar-refractivity contribution in [2.24, 2.45) is 80.5 Å². The number of aliphatic hydroxyl groups is 2. The van der Waals surface area contributed by atoms with Gasteiger partial charge in [-0.25, -0.2) is 0 Å². The van der Waals surface area contributed by atoms with Crippen molar-refractivity contribution >= 4 is 23.6 Å². The maximum Gasteiger partial charge on any atom is 0.224 e. The fraction of sp³-hybridized carbons (Fsp3) is 0.733. The molecule has 0 bridgehead atoms. The molecule has 4 amide bonds. The average molecular weight is 1140 g/mol. The number of nitrogens with two attached hydrogens (primary N) is 3. The summed E-state index contributed by atoms with van der Waals surface area (Å²) in [6.07, 6.45) is 1.49. The van der Waals surface area contributed by atoms with Crippen molar-refractivity contribution in [3.63, 3.8) is 0 Å². The summed E-state index contributed by atoms with van der Waals surface area (Å²) in [4.78, 5) is 52.3. The lowest BCUT2D eigenvalue weighted by Crippen LogP contribution is -2.46. The molecule has 10 N–H and O–H groups in total. The highest BCUT2D eigenvalue weighted by Gasteiger charge is 2.35. The van der Waals surface area contributed by atoms with Gasteiger partial charge in [-0.05, 0) is 143 Å². The minimum Gasteiger partial charge on any atom is -0.493 e. The number of benzene rings is 2. The minimum atomic E-state index is -2.64. The van der Waals surface area contributed by atoms with E-state index in [2.05, 4.69) is 34.5 Å². The molecule has 2 aromatic rings. The number of rotatable bonds is 39. The molecule has 0 aliphatic rings. The number of nitrogens with zero attached hydrogens (tertiary/aromatic N) is 3. The van der Waals surface area contributed by atoms with Gasteiger partial charge in [0.25, 0.3) is 0 Å². The van der Waals surface area contributed by atoms with E-state index in [1.165, 1.54) is 0 Å². The Morgan fingerprint density at radius 3 is 1.38 bits per heavy atom. The van der Waals surface area contributed by atoms with E-state index >= 15 is 0 Å². The Morgan fingerprint density at radius 1 is 0.625 bits per heavy atom. The molecule has 0 spiro atoms. The highest BCUT2D eigenvalue weighted by atomic mass is 16.5. The van der Waals surface area contributed by atoms with E-state index in [0.29, 0.717) is 76.5 Å². The van der Waals surface area contributed by atoms with E-state index in [1.807, 2.05) is 47.6 Å². The molecule has 0 radical (unpaired) electrons. The first-order valence-electron chi connectivity index (χ1n) is 31.0. The smallest absolute Gasteiger partial charge is 0.224 e. The summed E-state index contributed by atoms with van der Waals surface area (Å²) in [5.74, 6) is -1.58. The maximum atomic E-state index is 13.1. The van der Waals surface area contributed by atoms with Crippen LogP contribution in [0.2, 0.25) is 0 Å². The van der Waals surface area contributed by atoms with Crippen molar-refractivity contribution in [2.75, 3.05) is 67.8 Å². The Balaban J connectivity index is 0.000000861. The number of primary amides is 2. The number of methoxy groups -OCH3 is 4. The second-order valence-corrected chi connectivity index (χ2v) is 23.7. The Kier molecular flexibility index (Phi) is 28.7. The Hall–Kier alpha value is -5.37. The van der Waals surface area contributed by atoms with Gasteiger partial charge < -0.3 is 66.5 Å². The van der Waals surface area contributed by atoms with Crippen LogP contribution in [-0.4, -0.2) is 126 Å². The summed E-state index contributed by atoms with van der Waals surface area (Å²) in [5.41, 5.74) is 26.6. The SMILES string of the molecule is [2H]C([2H])([2H])Oc1ccc(C[C@@H](C[C@H](N)[C@@H](O)C[C@H](C(=O)NCC(C)(C)C(N)=O)C(C)C)C(C)C)cc1OCCCOC.[2H]C([2H])([2H])Oc1ccc(C[C@@H](C[C@H](N=[N+]=[N-])[C@@H](O)C[C@H](C(=O)NCC(C)(C)C(N)=O)C(C)C)C(C)C)cc1OCCCOC. The molecule has 0 heterocycles. The van der Waals surface area contributed by atoms with Crippen LogP contribution < -0.4 is 46.8 Å². The van der Waals surface area contributed by atoms with E-state index in [9.17, 15) is 34.9 Å². The van der Waals surface area contributed by atoms with Crippen molar-refractivity contribution in [1.82, 2.24) is 10.6 Å². The van der Waals surface area contributed by atoms with E-state index in [-0.39, 0.29) is 84.8 Å². The van der Waals surface area contributed by atoms with Gasteiger partial charge in [-0.1, -0.05) is 72.6 Å². The van der Waals surface area contributed by atoms with Crippen molar-refractivity contribution in [2.45, 2.75) is 159 Å². The van der Waals surface area contributed by atoms with Gasteiger partial charge >= 0.3 is 0 Å². The van der Waals surface area contributed by atoms with Crippen molar-refractivity contribution < 1.29 is 66.0 Å². The first-order chi connectivity index (χ1) is 39.8. The van der Waals surface area contributed by atoms with Gasteiger partial charge in [0, 0.05) is 76.2 Å². The van der Waals surface area contributed by atoms with Gasteiger partial charge in [-0.3, -0.25) is 19.2 Å². The van der Waals surface area contributed by atoms with Gasteiger partial charge in [-0.15, -0.1) is 0 Å². The number of carbonyl (C=O) groups is 4. The lowest BCUT2D eigenvalue weighted by atomic mass is 9.80. The molecule has 2 aromatic carbocycles.